The van der Waals surface area contributed by atoms with Gasteiger partial charge >= 0.3 is 0 Å². The number of hydrogen-bond donors (Lipinski definition) is 3. The topological polar surface area (TPSA) is 87.3 Å². The van der Waals surface area contributed by atoms with Crippen molar-refractivity contribution in [2.45, 2.75) is 36.8 Å². The predicted octanol–water partition coefficient (Wildman–Crippen LogP) is 9.65. The molecule has 0 aliphatic rings. The predicted molar refractivity (Wildman–Crippen MR) is 197 cm³/mol. The van der Waals surface area contributed by atoms with Crippen molar-refractivity contribution in [1.82, 2.24) is 5.32 Å². The second-order valence-electron chi connectivity index (χ2n) is 11.5. The number of aryl methyl sites for hydroxylation is 1. The van der Waals surface area contributed by atoms with E-state index in [1.54, 1.807) is 54.6 Å². The van der Waals surface area contributed by atoms with Gasteiger partial charge in [-0.1, -0.05) is 104 Å². The lowest BCUT2D eigenvalue weighted by atomic mass is 10.0. The summed E-state index contributed by atoms with van der Waals surface area (Å²) in [4.78, 5) is 41.0. The quantitative estimate of drug-likeness (QED) is 0.0962. The summed E-state index contributed by atoms with van der Waals surface area (Å²) >= 11 is 7.59. The molecule has 242 valence electrons. The number of hydrogen-bond acceptors (Lipinski definition) is 4. The molecule has 5 rings (SSSR count). The molecule has 8 heteroatoms. The summed E-state index contributed by atoms with van der Waals surface area (Å²) < 4.78 is 0. The average Bonchev–Trinajstić information content (AvgIpc) is 3.10. The van der Waals surface area contributed by atoms with E-state index in [2.05, 4.69) is 29.8 Å². The van der Waals surface area contributed by atoms with Gasteiger partial charge < -0.3 is 16.0 Å². The molecule has 0 aliphatic heterocycles. The number of carbonyl (C=O) groups is 3. The number of carbonyl (C=O) groups excluding carboxylic acids is 3. The van der Waals surface area contributed by atoms with Crippen LogP contribution in [0.1, 0.15) is 57.6 Å². The number of benzene rings is 5. The van der Waals surface area contributed by atoms with E-state index in [1.807, 2.05) is 85.8 Å². The lowest BCUT2D eigenvalue weighted by Gasteiger charge is -2.18. The molecule has 0 fully saturated rings. The lowest BCUT2D eigenvalue weighted by Crippen LogP contribution is -2.30. The molecule has 48 heavy (non-hydrogen) atoms. The molecule has 6 nitrogen and oxygen atoms in total. The Bertz CT molecular complexity index is 1910. The van der Waals surface area contributed by atoms with E-state index < -0.39 is 11.2 Å². The highest BCUT2D eigenvalue weighted by molar-refractivity contribution is 8.00. The fourth-order valence-corrected chi connectivity index (χ4v) is 6.06. The molecular weight excluding hydrogens is 638 g/mol. The van der Waals surface area contributed by atoms with Crippen LogP contribution in [0.4, 0.5) is 11.4 Å². The van der Waals surface area contributed by atoms with Crippen LogP contribution in [0.5, 0.6) is 0 Å². The van der Waals surface area contributed by atoms with E-state index in [0.717, 1.165) is 21.6 Å². The van der Waals surface area contributed by atoms with Crippen LogP contribution >= 0.6 is 23.4 Å². The summed E-state index contributed by atoms with van der Waals surface area (Å²) in [5.41, 5.74) is 5.46. The van der Waals surface area contributed by atoms with Crippen LogP contribution in [0.25, 0.3) is 6.08 Å². The zero-order valence-electron chi connectivity index (χ0n) is 26.9. The molecule has 0 aromatic heterocycles. The maximum Gasteiger partial charge on any atom is 0.272 e. The van der Waals surface area contributed by atoms with Gasteiger partial charge in [-0.05, 0) is 89.7 Å². The largest absolute Gasteiger partial charge is 0.325 e. The zero-order valence-corrected chi connectivity index (χ0v) is 28.4. The third-order valence-electron chi connectivity index (χ3n) is 7.61. The Labute approximate surface area is 290 Å². The number of thioether (sulfide) groups is 1. The third-order valence-corrected chi connectivity index (χ3v) is 9.11. The minimum absolute atomic E-state index is 0.108. The van der Waals surface area contributed by atoms with Gasteiger partial charge in [0.15, 0.2) is 0 Å². The summed E-state index contributed by atoms with van der Waals surface area (Å²) in [5.74, 6) is -0.666. The van der Waals surface area contributed by atoms with Gasteiger partial charge in [-0.25, -0.2) is 0 Å². The van der Waals surface area contributed by atoms with Crippen LogP contribution in [0.2, 0.25) is 5.02 Å². The Morgan fingerprint density at radius 1 is 0.729 bits per heavy atom. The number of halogens is 1. The second-order valence-corrected chi connectivity index (χ2v) is 13.2. The molecule has 0 bridgehead atoms. The highest BCUT2D eigenvalue weighted by Crippen LogP contribution is 2.37. The molecule has 0 spiro atoms. The van der Waals surface area contributed by atoms with Crippen molar-refractivity contribution in [2.75, 3.05) is 10.6 Å². The van der Waals surface area contributed by atoms with Crippen LogP contribution in [0, 0.1) is 6.92 Å². The molecule has 0 saturated heterocycles. The highest BCUT2D eigenvalue weighted by atomic mass is 35.5. The molecule has 0 heterocycles. The average molecular weight is 674 g/mol. The maximum atomic E-state index is 13.6. The number of rotatable bonds is 11. The smallest absolute Gasteiger partial charge is 0.272 e. The van der Waals surface area contributed by atoms with Gasteiger partial charge in [0.1, 0.15) is 10.9 Å². The Morgan fingerprint density at radius 2 is 1.38 bits per heavy atom. The fourth-order valence-electron chi connectivity index (χ4n) is 4.87. The van der Waals surface area contributed by atoms with Crippen molar-refractivity contribution in [1.29, 1.82) is 0 Å². The zero-order chi connectivity index (χ0) is 34.0. The van der Waals surface area contributed by atoms with E-state index in [1.165, 1.54) is 17.3 Å². The minimum atomic E-state index is -0.546. The SMILES string of the molecule is Cc1ccc(Cl)cc1NC(=O)C(Sc1ccc(NC(=O)/C(=C/c2ccc(C(C)C)cc2)NC(=O)c2ccccc2)cc1)c1ccccc1. The summed E-state index contributed by atoms with van der Waals surface area (Å²) in [5, 5.41) is 8.72. The Kier molecular flexibility index (Phi) is 11.5. The maximum absolute atomic E-state index is 13.6. The lowest BCUT2D eigenvalue weighted by molar-refractivity contribution is -0.116. The number of nitrogens with one attached hydrogen (secondary N) is 3. The molecule has 0 radical (unpaired) electrons. The van der Waals surface area contributed by atoms with E-state index >= 15 is 0 Å². The Morgan fingerprint density at radius 3 is 2.02 bits per heavy atom. The van der Waals surface area contributed by atoms with Crippen LogP contribution in [-0.2, 0) is 9.59 Å². The summed E-state index contributed by atoms with van der Waals surface area (Å²) in [7, 11) is 0. The molecule has 1 atom stereocenters. The van der Waals surface area contributed by atoms with E-state index in [-0.39, 0.29) is 17.5 Å². The monoisotopic (exact) mass is 673 g/mol. The summed E-state index contributed by atoms with van der Waals surface area (Å²) in [6, 6.07) is 38.8. The van der Waals surface area contributed by atoms with Gasteiger partial charge in [0.2, 0.25) is 5.91 Å². The van der Waals surface area contributed by atoms with Gasteiger partial charge in [0.05, 0.1) is 0 Å². The fraction of sp³-hybridized carbons (Fsp3) is 0.125. The van der Waals surface area contributed by atoms with Crippen LogP contribution in [-0.4, -0.2) is 17.7 Å². The first-order chi connectivity index (χ1) is 23.2. The van der Waals surface area contributed by atoms with E-state index in [9.17, 15) is 14.4 Å². The van der Waals surface area contributed by atoms with Crippen molar-refractivity contribution in [3.63, 3.8) is 0 Å². The van der Waals surface area contributed by atoms with Gasteiger partial charge in [-0.3, -0.25) is 14.4 Å². The molecule has 0 saturated carbocycles. The number of anilines is 2. The van der Waals surface area contributed by atoms with Crippen molar-refractivity contribution in [3.8, 4) is 0 Å². The molecule has 1 unspecified atom stereocenters. The van der Waals surface area contributed by atoms with Gasteiger partial charge in [0.25, 0.3) is 11.8 Å². The van der Waals surface area contributed by atoms with Gasteiger partial charge in [-0.2, -0.15) is 0 Å². The van der Waals surface area contributed by atoms with Crippen molar-refractivity contribution in [2.24, 2.45) is 0 Å². The summed E-state index contributed by atoms with van der Waals surface area (Å²) in [6.07, 6.45) is 1.66. The van der Waals surface area contributed by atoms with Crippen LogP contribution < -0.4 is 16.0 Å². The first-order valence-corrected chi connectivity index (χ1v) is 16.8. The standard InChI is InChI=1S/C40H36ClN3O3S/c1-26(2)29-17-15-28(16-18-29)24-36(44-38(45)31-12-8-5-9-13-31)39(46)42-33-20-22-34(23-21-33)48-37(30-10-6-4-7-11-30)40(47)43-35-25-32(41)19-14-27(35)3/h4-26,37H,1-3H3,(H,42,46)(H,43,47)(H,44,45)/b36-24-. The van der Waals surface area contributed by atoms with Crippen LogP contribution in [0.3, 0.4) is 0 Å². The minimum Gasteiger partial charge on any atom is -0.325 e. The van der Waals surface area contributed by atoms with E-state index in [0.29, 0.717) is 27.9 Å². The molecule has 5 aromatic carbocycles. The Balaban J connectivity index is 1.34. The Hall–Kier alpha value is -5.11. The van der Waals surface area contributed by atoms with Crippen molar-refractivity contribution < 1.29 is 14.4 Å². The first kappa shape index (κ1) is 34.2. The molecule has 3 N–H and O–H groups in total. The molecule has 0 aliphatic carbocycles. The van der Waals surface area contributed by atoms with Crippen molar-refractivity contribution in [3.05, 3.63) is 166 Å². The van der Waals surface area contributed by atoms with Gasteiger partial charge in [-0.15, -0.1) is 11.8 Å². The number of amides is 3. The van der Waals surface area contributed by atoms with Crippen LogP contribution in [0.15, 0.2) is 138 Å². The second kappa shape index (κ2) is 16.1. The third kappa shape index (κ3) is 9.25. The van der Waals surface area contributed by atoms with Gasteiger partial charge in [0, 0.05) is 26.9 Å². The highest BCUT2D eigenvalue weighted by Gasteiger charge is 2.23. The molecule has 3 amide bonds. The normalized spacial score (nSPS) is 11.9. The molecular formula is C40H36ClN3O3S. The first-order valence-electron chi connectivity index (χ1n) is 15.5. The summed E-state index contributed by atoms with van der Waals surface area (Å²) in [6.45, 7) is 6.15. The molecule has 5 aromatic rings. The van der Waals surface area contributed by atoms with E-state index in [4.69, 9.17) is 11.6 Å². The van der Waals surface area contributed by atoms with Crippen molar-refractivity contribution >= 4 is 58.5 Å².